The van der Waals surface area contributed by atoms with Crippen LogP contribution in [0.4, 0.5) is 22.0 Å². The van der Waals surface area contributed by atoms with Gasteiger partial charge in [0, 0.05) is 26.2 Å². The van der Waals surface area contributed by atoms with Crippen molar-refractivity contribution >= 4 is 0 Å². The highest BCUT2D eigenvalue weighted by Gasteiger charge is 2.32. The highest BCUT2D eigenvalue weighted by molar-refractivity contribution is 5.54. The topological polar surface area (TPSA) is 61.9 Å². The van der Waals surface area contributed by atoms with Crippen molar-refractivity contribution in [2.45, 2.75) is 19.0 Å². The molecule has 2 aromatic heterocycles. The standard InChI is InChI=1S/C18H15F5N4O2/c1-17(19,20)16-25-13(14-7-8-24-26(14)2)9-15(28)27(16)11-3-5-12(6-4-11)29-10-18(21,22)23/h3-9H,10H2,1-2H3. The van der Waals surface area contributed by atoms with Crippen molar-refractivity contribution in [1.29, 1.82) is 0 Å². The van der Waals surface area contributed by atoms with Crippen LogP contribution in [0.1, 0.15) is 12.7 Å². The molecule has 0 unspecified atom stereocenters. The van der Waals surface area contributed by atoms with Gasteiger partial charge in [0.05, 0.1) is 17.1 Å². The van der Waals surface area contributed by atoms with Crippen molar-refractivity contribution in [3.63, 3.8) is 0 Å². The van der Waals surface area contributed by atoms with Crippen LogP contribution >= 0.6 is 0 Å². The molecule has 154 valence electrons. The fourth-order valence-electron chi connectivity index (χ4n) is 2.64. The Morgan fingerprint density at radius 3 is 2.24 bits per heavy atom. The van der Waals surface area contributed by atoms with Crippen LogP contribution in [0.2, 0.25) is 0 Å². The first-order valence-electron chi connectivity index (χ1n) is 8.26. The van der Waals surface area contributed by atoms with Gasteiger partial charge in [0.15, 0.2) is 12.4 Å². The van der Waals surface area contributed by atoms with Crippen LogP contribution in [0.15, 0.2) is 47.4 Å². The molecule has 0 aliphatic carbocycles. The lowest BCUT2D eigenvalue weighted by Crippen LogP contribution is -2.29. The molecule has 2 heterocycles. The fraction of sp³-hybridized carbons (Fsp3) is 0.278. The zero-order valence-corrected chi connectivity index (χ0v) is 15.2. The predicted octanol–water partition coefficient (Wildman–Crippen LogP) is 3.69. The first-order valence-corrected chi connectivity index (χ1v) is 8.26. The first kappa shape index (κ1) is 20.5. The SMILES string of the molecule is Cn1nccc1-c1cc(=O)n(-c2ccc(OCC(F)(F)F)cc2)c(C(C)(F)F)n1. The van der Waals surface area contributed by atoms with E-state index in [-0.39, 0.29) is 17.1 Å². The van der Waals surface area contributed by atoms with Gasteiger partial charge in [-0.3, -0.25) is 14.0 Å². The number of aryl methyl sites for hydroxylation is 1. The maximum Gasteiger partial charge on any atom is 0.422 e. The highest BCUT2D eigenvalue weighted by Crippen LogP contribution is 2.29. The minimum Gasteiger partial charge on any atom is -0.484 e. The minimum atomic E-state index is -4.52. The minimum absolute atomic E-state index is 0.00920. The summed E-state index contributed by atoms with van der Waals surface area (Å²) in [6, 6.07) is 7.32. The monoisotopic (exact) mass is 414 g/mol. The molecular formula is C18H15F5N4O2. The summed E-state index contributed by atoms with van der Waals surface area (Å²) in [4.78, 5) is 16.6. The molecule has 3 rings (SSSR count). The zero-order chi connectivity index (χ0) is 21.4. The predicted molar refractivity (Wildman–Crippen MR) is 93.2 cm³/mol. The van der Waals surface area contributed by atoms with Crippen LogP contribution in [0.25, 0.3) is 17.1 Å². The van der Waals surface area contributed by atoms with E-state index in [9.17, 15) is 26.7 Å². The van der Waals surface area contributed by atoms with E-state index in [1.54, 1.807) is 7.05 Å². The van der Waals surface area contributed by atoms with Gasteiger partial charge in [-0.15, -0.1) is 0 Å². The molecule has 0 aliphatic rings. The van der Waals surface area contributed by atoms with Gasteiger partial charge in [-0.1, -0.05) is 0 Å². The van der Waals surface area contributed by atoms with Crippen molar-refractivity contribution in [2.24, 2.45) is 7.05 Å². The van der Waals surface area contributed by atoms with E-state index in [0.717, 1.165) is 18.2 Å². The maximum atomic E-state index is 14.2. The summed E-state index contributed by atoms with van der Waals surface area (Å²) in [6.07, 6.45) is -3.08. The van der Waals surface area contributed by atoms with Crippen molar-refractivity contribution in [2.75, 3.05) is 6.61 Å². The van der Waals surface area contributed by atoms with E-state index in [4.69, 9.17) is 0 Å². The Morgan fingerprint density at radius 1 is 1.07 bits per heavy atom. The van der Waals surface area contributed by atoms with E-state index in [2.05, 4.69) is 14.8 Å². The molecule has 29 heavy (non-hydrogen) atoms. The van der Waals surface area contributed by atoms with Gasteiger partial charge in [0.2, 0.25) is 0 Å². The molecule has 0 saturated carbocycles. The van der Waals surface area contributed by atoms with E-state index >= 15 is 0 Å². The highest BCUT2D eigenvalue weighted by atomic mass is 19.4. The second-order valence-corrected chi connectivity index (χ2v) is 6.26. The molecule has 0 radical (unpaired) electrons. The maximum absolute atomic E-state index is 14.2. The van der Waals surface area contributed by atoms with Gasteiger partial charge in [-0.25, -0.2) is 4.98 Å². The number of ether oxygens (including phenoxy) is 1. The van der Waals surface area contributed by atoms with Gasteiger partial charge in [-0.2, -0.15) is 27.1 Å². The van der Waals surface area contributed by atoms with Crippen LogP contribution < -0.4 is 10.3 Å². The molecule has 11 heteroatoms. The lowest BCUT2D eigenvalue weighted by molar-refractivity contribution is -0.153. The number of alkyl halides is 5. The molecule has 0 saturated heterocycles. The van der Waals surface area contributed by atoms with Gasteiger partial charge in [-0.05, 0) is 30.3 Å². The summed E-state index contributed by atoms with van der Waals surface area (Å²) in [5.41, 5.74) is -0.379. The van der Waals surface area contributed by atoms with Gasteiger partial charge in [0.25, 0.3) is 5.56 Å². The number of hydrogen-bond donors (Lipinski definition) is 0. The molecule has 0 N–H and O–H groups in total. The summed E-state index contributed by atoms with van der Waals surface area (Å²) in [5, 5.41) is 3.93. The third-order valence-electron chi connectivity index (χ3n) is 3.89. The molecule has 0 spiro atoms. The average Bonchev–Trinajstić information content (AvgIpc) is 3.04. The average molecular weight is 414 g/mol. The second-order valence-electron chi connectivity index (χ2n) is 6.26. The summed E-state index contributed by atoms with van der Waals surface area (Å²) in [5.74, 6) is -4.41. The Balaban J connectivity index is 2.05. The lowest BCUT2D eigenvalue weighted by Gasteiger charge is -2.18. The number of hydrogen-bond acceptors (Lipinski definition) is 4. The van der Waals surface area contributed by atoms with Crippen LogP contribution in [0.5, 0.6) is 5.75 Å². The van der Waals surface area contributed by atoms with Gasteiger partial charge in [0.1, 0.15) is 5.75 Å². The molecule has 6 nitrogen and oxygen atoms in total. The molecule has 0 atom stereocenters. The lowest BCUT2D eigenvalue weighted by atomic mass is 10.2. The molecule has 1 aromatic carbocycles. The summed E-state index contributed by atoms with van der Waals surface area (Å²) in [6.45, 7) is -0.898. The van der Waals surface area contributed by atoms with E-state index < -0.39 is 30.1 Å². The van der Waals surface area contributed by atoms with Crippen molar-refractivity contribution < 1.29 is 26.7 Å². The Labute approximate surface area is 161 Å². The molecular weight excluding hydrogens is 399 g/mol. The van der Waals surface area contributed by atoms with Gasteiger partial charge < -0.3 is 4.74 Å². The second kappa shape index (κ2) is 7.30. The molecule has 0 aliphatic heterocycles. The third kappa shape index (κ3) is 4.61. The van der Waals surface area contributed by atoms with Crippen LogP contribution in [-0.2, 0) is 13.0 Å². The zero-order valence-electron chi connectivity index (χ0n) is 15.2. The normalized spacial score (nSPS) is 12.2. The number of rotatable bonds is 5. The van der Waals surface area contributed by atoms with Crippen molar-refractivity contribution in [3.05, 3.63) is 58.8 Å². The van der Waals surface area contributed by atoms with E-state index in [1.165, 1.54) is 29.1 Å². The Bertz CT molecular complexity index is 1070. The van der Waals surface area contributed by atoms with Gasteiger partial charge >= 0.3 is 12.1 Å². The number of halogens is 5. The molecule has 0 bridgehead atoms. The molecule has 0 fully saturated rings. The van der Waals surface area contributed by atoms with Crippen molar-refractivity contribution in [3.8, 4) is 22.8 Å². The summed E-state index contributed by atoms with van der Waals surface area (Å²) >= 11 is 0. The Morgan fingerprint density at radius 2 is 1.72 bits per heavy atom. The quantitative estimate of drug-likeness (QED) is 0.598. The summed E-state index contributed by atoms with van der Waals surface area (Å²) in [7, 11) is 1.58. The molecule has 3 aromatic rings. The number of aromatic nitrogens is 4. The smallest absolute Gasteiger partial charge is 0.422 e. The van der Waals surface area contributed by atoms with Crippen LogP contribution in [0.3, 0.4) is 0 Å². The van der Waals surface area contributed by atoms with Crippen LogP contribution in [0, 0.1) is 0 Å². The van der Waals surface area contributed by atoms with Crippen molar-refractivity contribution in [1.82, 2.24) is 19.3 Å². The third-order valence-corrected chi connectivity index (χ3v) is 3.89. The van der Waals surface area contributed by atoms with E-state index in [0.29, 0.717) is 17.2 Å². The number of nitrogens with zero attached hydrogens (tertiary/aromatic N) is 4. The van der Waals surface area contributed by atoms with Crippen LogP contribution in [-0.4, -0.2) is 32.1 Å². The largest absolute Gasteiger partial charge is 0.484 e. The summed E-state index contributed by atoms with van der Waals surface area (Å²) < 4.78 is 71.9. The number of benzene rings is 1. The fourth-order valence-corrected chi connectivity index (χ4v) is 2.64. The Kier molecular flexibility index (Phi) is 5.16. The van der Waals surface area contributed by atoms with E-state index in [1.807, 2.05) is 0 Å². The first-order chi connectivity index (χ1) is 13.5. The Hall–Kier alpha value is -3.24. The molecule has 0 amide bonds.